The van der Waals surface area contributed by atoms with Crippen LogP contribution in [-0.4, -0.2) is 19.3 Å². The molecule has 0 spiro atoms. The van der Waals surface area contributed by atoms with E-state index in [0.29, 0.717) is 5.95 Å². The first-order valence-corrected chi connectivity index (χ1v) is 5.53. The summed E-state index contributed by atoms with van der Waals surface area (Å²) in [7, 11) is 0. The van der Waals surface area contributed by atoms with Crippen LogP contribution in [-0.2, 0) is 0 Å². The molecule has 0 aliphatic carbocycles. The van der Waals surface area contributed by atoms with Crippen LogP contribution >= 0.6 is 15.9 Å². The molecule has 0 saturated heterocycles. The van der Waals surface area contributed by atoms with Gasteiger partial charge >= 0.3 is 0 Å². The van der Waals surface area contributed by atoms with Gasteiger partial charge in [-0.2, -0.15) is 4.98 Å². The van der Waals surface area contributed by atoms with Crippen LogP contribution in [0.4, 0.5) is 5.95 Å². The lowest BCUT2D eigenvalue weighted by Crippen LogP contribution is -2.07. The molecule has 0 unspecified atom stereocenters. The molecule has 3 aromatic rings. The monoisotopic (exact) mass is 277 g/mol. The smallest absolute Gasteiger partial charge is 0.262 e. The van der Waals surface area contributed by atoms with Crippen molar-refractivity contribution in [3.8, 4) is 0 Å². The summed E-state index contributed by atoms with van der Waals surface area (Å²) in [5.41, 5.74) is 3.84. The quantitative estimate of drug-likeness (QED) is 0.781. The van der Waals surface area contributed by atoms with Crippen LogP contribution in [0.3, 0.4) is 0 Å². The second kappa shape index (κ2) is 3.64. The van der Waals surface area contributed by atoms with E-state index in [0.717, 1.165) is 10.1 Å². The molecule has 0 aliphatic rings. The first-order valence-electron chi connectivity index (χ1n) is 4.74. The molecule has 16 heavy (non-hydrogen) atoms. The zero-order valence-corrected chi connectivity index (χ0v) is 9.79. The fourth-order valence-corrected chi connectivity index (χ4v) is 1.87. The standard InChI is InChI=1S/C10H8BrN5/c11-8-4-3-7-16-9(8)12-10(14-16)13-15-5-1-2-6-15/h1-7H,(H,13,14). The highest BCUT2D eigenvalue weighted by molar-refractivity contribution is 9.10. The van der Waals surface area contributed by atoms with Gasteiger partial charge in [0.1, 0.15) is 0 Å². The lowest BCUT2D eigenvalue weighted by atomic mass is 10.5. The maximum absolute atomic E-state index is 4.36. The number of hydrogen-bond donors (Lipinski definition) is 1. The van der Waals surface area contributed by atoms with Gasteiger partial charge in [-0.25, -0.2) is 4.52 Å². The Hall–Kier alpha value is -1.82. The fraction of sp³-hybridized carbons (Fsp3) is 0. The van der Waals surface area contributed by atoms with E-state index in [-0.39, 0.29) is 0 Å². The maximum Gasteiger partial charge on any atom is 0.262 e. The summed E-state index contributed by atoms with van der Waals surface area (Å²) in [4.78, 5) is 4.36. The molecule has 0 aliphatic heterocycles. The largest absolute Gasteiger partial charge is 0.268 e. The van der Waals surface area contributed by atoms with Gasteiger partial charge in [-0.3, -0.25) is 10.1 Å². The molecule has 0 bridgehead atoms. The average molecular weight is 278 g/mol. The van der Waals surface area contributed by atoms with Crippen molar-refractivity contribution < 1.29 is 0 Å². The van der Waals surface area contributed by atoms with Gasteiger partial charge in [0, 0.05) is 18.6 Å². The number of halogens is 1. The highest BCUT2D eigenvalue weighted by atomic mass is 79.9. The summed E-state index contributed by atoms with van der Waals surface area (Å²) < 4.78 is 4.43. The Balaban J connectivity index is 2.02. The third kappa shape index (κ3) is 1.57. The van der Waals surface area contributed by atoms with Crippen molar-refractivity contribution in [2.24, 2.45) is 0 Å². The van der Waals surface area contributed by atoms with Crippen LogP contribution in [0.25, 0.3) is 5.65 Å². The number of nitrogens with zero attached hydrogens (tertiary/aromatic N) is 4. The number of nitrogens with one attached hydrogen (secondary N) is 1. The summed E-state index contributed by atoms with van der Waals surface area (Å²) in [6.45, 7) is 0. The van der Waals surface area contributed by atoms with Crippen LogP contribution in [0, 0.1) is 0 Å². The van der Waals surface area contributed by atoms with E-state index in [9.17, 15) is 0 Å². The normalized spacial score (nSPS) is 10.8. The summed E-state index contributed by atoms with van der Waals surface area (Å²) in [6, 6.07) is 7.70. The molecular formula is C10H8BrN5. The number of fused-ring (bicyclic) bond motifs is 1. The lowest BCUT2D eigenvalue weighted by molar-refractivity contribution is 0.902. The zero-order chi connectivity index (χ0) is 11.0. The first kappa shape index (κ1) is 9.41. The Bertz CT molecular complexity index is 613. The minimum atomic E-state index is 0.558. The first-order chi connectivity index (χ1) is 7.83. The van der Waals surface area contributed by atoms with Crippen molar-refractivity contribution in [2.45, 2.75) is 0 Å². The van der Waals surface area contributed by atoms with Gasteiger partial charge in [-0.05, 0) is 40.2 Å². The van der Waals surface area contributed by atoms with Crippen molar-refractivity contribution in [3.63, 3.8) is 0 Å². The molecule has 1 N–H and O–H groups in total. The predicted molar refractivity (Wildman–Crippen MR) is 64.1 cm³/mol. The lowest BCUT2D eigenvalue weighted by Gasteiger charge is -2.00. The molecule has 0 fully saturated rings. The van der Waals surface area contributed by atoms with Gasteiger partial charge < -0.3 is 0 Å². The summed E-state index contributed by atoms with van der Waals surface area (Å²) in [5.74, 6) is 0.558. The topological polar surface area (TPSA) is 47.1 Å². The van der Waals surface area contributed by atoms with Crippen LogP contribution in [0.5, 0.6) is 0 Å². The highest BCUT2D eigenvalue weighted by Crippen LogP contribution is 2.16. The number of pyridine rings is 1. The van der Waals surface area contributed by atoms with Crippen molar-refractivity contribution in [2.75, 3.05) is 5.43 Å². The Morgan fingerprint density at radius 3 is 2.69 bits per heavy atom. The number of anilines is 1. The summed E-state index contributed by atoms with van der Waals surface area (Å²) in [5, 5.41) is 4.29. The molecule has 0 aromatic carbocycles. The Kier molecular flexibility index (Phi) is 2.14. The third-order valence-corrected chi connectivity index (χ3v) is 2.77. The van der Waals surface area contributed by atoms with Crippen molar-refractivity contribution >= 4 is 27.5 Å². The van der Waals surface area contributed by atoms with Crippen LogP contribution < -0.4 is 5.43 Å². The predicted octanol–water partition coefficient (Wildman–Crippen LogP) is 2.17. The van der Waals surface area contributed by atoms with Crippen molar-refractivity contribution in [1.82, 2.24) is 19.3 Å². The van der Waals surface area contributed by atoms with E-state index in [1.807, 2.05) is 42.9 Å². The van der Waals surface area contributed by atoms with E-state index in [4.69, 9.17) is 0 Å². The zero-order valence-electron chi connectivity index (χ0n) is 8.21. The molecule has 5 nitrogen and oxygen atoms in total. The van der Waals surface area contributed by atoms with Gasteiger partial charge in [0.2, 0.25) is 0 Å². The van der Waals surface area contributed by atoms with E-state index < -0.39 is 0 Å². The third-order valence-electron chi connectivity index (χ3n) is 2.15. The fourth-order valence-electron chi connectivity index (χ4n) is 1.45. The summed E-state index contributed by atoms with van der Waals surface area (Å²) in [6.07, 6.45) is 5.63. The van der Waals surface area contributed by atoms with E-state index in [1.165, 1.54) is 0 Å². The van der Waals surface area contributed by atoms with Crippen molar-refractivity contribution in [1.29, 1.82) is 0 Å². The van der Waals surface area contributed by atoms with E-state index >= 15 is 0 Å². The van der Waals surface area contributed by atoms with Gasteiger partial charge in [-0.15, -0.1) is 5.10 Å². The minimum Gasteiger partial charge on any atom is -0.268 e. The number of hydrogen-bond acceptors (Lipinski definition) is 3. The average Bonchev–Trinajstić information content (AvgIpc) is 2.88. The Morgan fingerprint density at radius 1 is 1.12 bits per heavy atom. The van der Waals surface area contributed by atoms with Gasteiger partial charge in [0.05, 0.1) is 4.47 Å². The molecule has 6 heteroatoms. The van der Waals surface area contributed by atoms with Crippen molar-refractivity contribution in [3.05, 3.63) is 47.3 Å². The van der Waals surface area contributed by atoms with Crippen LogP contribution in [0.15, 0.2) is 47.3 Å². The molecule has 0 atom stereocenters. The molecule has 3 heterocycles. The van der Waals surface area contributed by atoms with Gasteiger partial charge in [0.15, 0.2) is 5.65 Å². The second-order valence-electron chi connectivity index (χ2n) is 3.26. The molecule has 3 aromatic heterocycles. The highest BCUT2D eigenvalue weighted by Gasteiger charge is 2.05. The molecular weight excluding hydrogens is 270 g/mol. The molecule has 3 rings (SSSR count). The van der Waals surface area contributed by atoms with Crippen LogP contribution in [0.2, 0.25) is 0 Å². The Morgan fingerprint density at radius 2 is 1.94 bits per heavy atom. The molecule has 0 saturated carbocycles. The number of aromatic nitrogens is 4. The van der Waals surface area contributed by atoms with Gasteiger partial charge in [0.25, 0.3) is 5.95 Å². The SMILES string of the molecule is Brc1cccn2nc(Nn3cccc3)nc12. The Labute approximate surface area is 99.8 Å². The van der Waals surface area contributed by atoms with E-state index in [2.05, 4.69) is 31.4 Å². The van der Waals surface area contributed by atoms with Crippen LogP contribution in [0.1, 0.15) is 0 Å². The maximum atomic E-state index is 4.36. The van der Waals surface area contributed by atoms with Gasteiger partial charge in [-0.1, -0.05) is 0 Å². The summed E-state index contributed by atoms with van der Waals surface area (Å²) >= 11 is 3.43. The number of rotatable bonds is 2. The minimum absolute atomic E-state index is 0.558. The van der Waals surface area contributed by atoms with E-state index in [1.54, 1.807) is 9.19 Å². The molecule has 0 radical (unpaired) electrons. The molecule has 0 amide bonds. The second-order valence-corrected chi connectivity index (χ2v) is 4.12. The molecule has 80 valence electrons.